The van der Waals surface area contributed by atoms with Gasteiger partial charge in [0.25, 0.3) is 0 Å². The van der Waals surface area contributed by atoms with Crippen LogP contribution >= 0.6 is 0 Å². The second-order valence-corrected chi connectivity index (χ2v) is 6.96. The van der Waals surface area contributed by atoms with Crippen LogP contribution in [0.1, 0.15) is 64.7 Å². The molecule has 1 N–H and O–H groups in total. The van der Waals surface area contributed by atoms with Gasteiger partial charge in [-0.2, -0.15) is 0 Å². The van der Waals surface area contributed by atoms with Crippen molar-refractivity contribution in [3.8, 4) is 0 Å². The van der Waals surface area contributed by atoms with Crippen LogP contribution < -0.4 is 5.32 Å². The molecule has 1 aliphatic carbocycles. The number of likely N-dealkylation sites (tertiary alicyclic amines) is 1. The Kier molecular flexibility index (Phi) is 7.23. The van der Waals surface area contributed by atoms with Gasteiger partial charge in [-0.25, -0.2) is 0 Å². The summed E-state index contributed by atoms with van der Waals surface area (Å²) >= 11 is 0. The fraction of sp³-hybridized carbons (Fsp3) is 1.00. The third kappa shape index (κ3) is 6.27. The van der Waals surface area contributed by atoms with Crippen molar-refractivity contribution in [3.63, 3.8) is 0 Å². The Bertz CT molecular complexity index is 217. The maximum absolute atomic E-state index is 3.70. The molecule has 0 aromatic heterocycles. The highest BCUT2D eigenvalue weighted by Gasteiger charge is 2.14. The molecule has 1 aliphatic heterocycles. The van der Waals surface area contributed by atoms with Crippen LogP contribution in [0.3, 0.4) is 0 Å². The number of rotatable bonds is 7. The highest BCUT2D eigenvalue weighted by atomic mass is 15.1. The van der Waals surface area contributed by atoms with Crippen LogP contribution in [0.2, 0.25) is 0 Å². The molecule has 1 unspecified atom stereocenters. The third-order valence-corrected chi connectivity index (χ3v) is 4.97. The lowest BCUT2D eigenvalue weighted by molar-refractivity contribution is 0.198. The average molecular weight is 266 g/mol. The summed E-state index contributed by atoms with van der Waals surface area (Å²) in [4.78, 5) is 2.66. The summed E-state index contributed by atoms with van der Waals surface area (Å²) in [7, 11) is 0. The Morgan fingerprint density at radius 3 is 2.42 bits per heavy atom. The second kappa shape index (κ2) is 8.97. The van der Waals surface area contributed by atoms with Crippen LogP contribution in [0.4, 0.5) is 0 Å². The maximum atomic E-state index is 3.70. The fourth-order valence-corrected chi connectivity index (χ4v) is 3.78. The summed E-state index contributed by atoms with van der Waals surface area (Å²) in [5.74, 6) is 1.84. The highest BCUT2D eigenvalue weighted by Crippen LogP contribution is 2.25. The minimum atomic E-state index is 0.810. The van der Waals surface area contributed by atoms with Crippen LogP contribution in [0.5, 0.6) is 0 Å². The van der Waals surface area contributed by atoms with Gasteiger partial charge >= 0.3 is 0 Å². The SMILES string of the molecule is CC(CNCCC1CCCCC1)CN1CCCCC1. The molecule has 0 aromatic rings. The first kappa shape index (κ1) is 15.3. The second-order valence-electron chi connectivity index (χ2n) is 6.96. The van der Waals surface area contributed by atoms with E-state index in [2.05, 4.69) is 17.1 Å². The average Bonchev–Trinajstić information content (AvgIpc) is 2.46. The van der Waals surface area contributed by atoms with E-state index < -0.39 is 0 Å². The van der Waals surface area contributed by atoms with Crippen molar-refractivity contribution < 1.29 is 0 Å². The predicted octanol–water partition coefficient (Wildman–Crippen LogP) is 3.67. The molecule has 1 saturated carbocycles. The van der Waals surface area contributed by atoms with Gasteiger partial charge in [0.1, 0.15) is 0 Å². The largest absolute Gasteiger partial charge is 0.316 e. The number of nitrogens with one attached hydrogen (secondary N) is 1. The Morgan fingerprint density at radius 2 is 1.68 bits per heavy atom. The summed E-state index contributed by atoms with van der Waals surface area (Å²) in [6.07, 6.45) is 13.1. The molecule has 2 aliphatic rings. The van der Waals surface area contributed by atoms with Gasteiger partial charge in [-0.05, 0) is 57.3 Å². The minimum Gasteiger partial charge on any atom is -0.316 e. The van der Waals surface area contributed by atoms with Crippen molar-refractivity contribution in [1.82, 2.24) is 10.2 Å². The zero-order valence-corrected chi connectivity index (χ0v) is 13.0. The molecule has 0 aromatic carbocycles. The lowest BCUT2D eigenvalue weighted by Gasteiger charge is -2.29. The van der Waals surface area contributed by atoms with Gasteiger partial charge in [-0.1, -0.05) is 45.4 Å². The zero-order valence-electron chi connectivity index (χ0n) is 13.0. The summed E-state index contributed by atoms with van der Waals surface area (Å²) < 4.78 is 0. The molecule has 0 bridgehead atoms. The van der Waals surface area contributed by atoms with E-state index in [9.17, 15) is 0 Å². The van der Waals surface area contributed by atoms with Crippen molar-refractivity contribution in [3.05, 3.63) is 0 Å². The van der Waals surface area contributed by atoms with Crippen LogP contribution in [0, 0.1) is 11.8 Å². The predicted molar refractivity (Wildman–Crippen MR) is 83.5 cm³/mol. The van der Waals surface area contributed by atoms with Gasteiger partial charge in [0.05, 0.1) is 0 Å². The summed E-state index contributed by atoms with van der Waals surface area (Å²) in [5.41, 5.74) is 0. The van der Waals surface area contributed by atoms with Gasteiger partial charge < -0.3 is 10.2 Å². The smallest absolute Gasteiger partial charge is 0.00191 e. The van der Waals surface area contributed by atoms with Crippen molar-refractivity contribution >= 4 is 0 Å². The molecular weight excluding hydrogens is 232 g/mol. The van der Waals surface area contributed by atoms with Gasteiger partial charge in [0.15, 0.2) is 0 Å². The van der Waals surface area contributed by atoms with E-state index in [-0.39, 0.29) is 0 Å². The first-order valence-corrected chi connectivity index (χ1v) is 8.77. The molecule has 0 amide bonds. The quantitative estimate of drug-likeness (QED) is 0.707. The van der Waals surface area contributed by atoms with Gasteiger partial charge in [0.2, 0.25) is 0 Å². The number of hydrogen-bond acceptors (Lipinski definition) is 2. The van der Waals surface area contributed by atoms with E-state index in [4.69, 9.17) is 0 Å². The molecule has 2 heteroatoms. The van der Waals surface area contributed by atoms with Crippen molar-refractivity contribution in [2.75, 3.05) is 32.7 Å². The Balaban J connectivity index is 1.47. The molecular formula is C17H34N2. The molecule has 1 heterocycles. The number of hydrogen-bond donors (Lipinski definition) is 1. The van der Waals surface area contributed by atoms with Gasteiger partial charge in [-0.15, -0.1) is 0 Å². The highest BCUT2D eigenvalue weighted by molar-refractivity contribution is 4.70. The maximum Gasteiger partial charge on any atom is 0.00191 e. The first-order valence-electron chi connectivity index (χ1n) is 8.77. The molecule has 2 rings (SSSR count). The lowest BCUT2D eigenvalue weighted by atomic mass is 9.87. The Labute approximate surface area is 120 Å². The van der Waals surface area contributed by atoms with Crippen LogP contribution in [-0.2, 0) is 0 Å². The van der Waals surface area contributed by atoms with E-state index >= 15 is 0 Å². The number of nitrogens with zero attached hydrogens (tertiary/aromatic N) is 1. The van der Waals surface area contributed by atoms with Crippen molar-refractivity contribution in [2.45, 2.75) is 64.7 Å². The standard InChI is InChI=1S/C17H34N2/c1-16(15-19-12-6-3-7-13-19)14-18-11-10-17-8-4-2-5-9-17/h16-18H,2-15H2,1H3. The van der Waals surface area contributed by atoms with Crippen LogP contribution in [-0.4, -0.2) is 37.6 Å². The van der Waals surface area contributed by atoms with Crippen LogP contribution in [0.25, 0.3) is 0 Å². The van der Waals surface area contributed by atoms with E-state index in [0.717, 1.165) is 11.8 Å². The Morgan fingerprint density at radius 1 is 1.00 bits per heavy atom. The summed E-state index contributed by atoms with van der Waals surface area (Å²) in [6, 6.07) is 0. The fourth-order valence-electron chi connectivity index (χ4n) is 3.78. The van der Waals surface area contributed by atoms with E-state index in [0.29, 0.717) is 0 Å². The van der Waals surface area contributed by atoms with Crippen LogP contribution in [0.15, 0.2) is 0 Å². The third-order valence-electron chi connectivity index (χ3n) is 4.97. The van der Waals surface area contributed by atoms with Crippen molar-refractivity contribution in [1.29, 1.82) is 0 Å². The molecule has 1 atom stereocenters. The molecule has 2 nitrogen and oxygen atoms in total. The van der Waals surface area contributed by atoms with E-state index in [1.54, 1.807) is 0 Å². The monoisotopic (exact) mass is 266 g/mol. The molecule has 112 valence electrons. The Hall–Kier alpha value is -0.0800. The number of piperidine rings is 1. The minimum absolute atomic E-state index is 0.810. The molecule has 2 fully saturated rings. The van der Waals surface area contributed by atoms with Gasteiger partial charge in [-0.3, -0.25) is 0 Å². The molecule has 1 saturated heterocycles. The van der Waals surface area contributed by atoms with Gasteiger partial charge in [0, 0.05) is 6.54 Å². The molecule has 19 heavy (non-hydrogen) atoms. The molecule has 0 spiro atoms. The molecule has 0 radical (unpaired) electrons. The first-order chi connectivity index (χ1) is 9.34. The zero-order chi connectivity index (χ0) is 13.3. The summed E-state index contributed by atoms with van der Waals surface area (Å²) in [6.45, 7) is 8.84. The van der Waals surface area contributed by atoms with Crippen molar-refractivity contribution in [2.24, 2.45) is 11.8 Å². The normalized spacial score (nSPS) is 24.5. The van der Waals surface area contributed by atoms with E-state index in [1.807, 2.05) is 0 Å². The van der Waals surface area contributed by atoms with E-state index in [1.165, 1.54) is 90.5 Å². The topological polar surface area (TPSA) is 15.3 Å². The summed E-state index contributed by atoms with van der Waals surface area (Å²) in [5, 5.41) is 3.70. The lowest BCUT2D eigenvalue weighted by Crippen LogP contribution is -2.37.